The lowest BCUT2D eigenvalue weighted by Crippen LogP contribution is -2.13. The fourth-order valence-corrected chi connectivity index (χ4v) is 2.76. The summed E-state index contributed by atoms with van der Waals surface area (Å²) in [7, 11) is 0. The number of fused-ring (bicyclic) bond motifs is 1. The molecular weight excluding hydrogens is 274 g/mol. The molecule has 0 aliphatic heterocycles. The van der Waals surface area contributed by atoms with Crippen LogP contribution < -0.4 is 10.9 Å². The van der Waals surface area contributed by atoms with Crippen molar-refractivity contribution in [3.63, 3.8) is 0 Å². The van der Waals surface area contributed by atoms with Gasteiger partial charge in [0.2, 0.25) is 0 Å². The van der Waals surface area contributed by atoms with Crippen LogP contribution in [-0.4, -0.2) is 15.3 Å². The summed E-state index contributed by atoms with van der Waals surface area (Å²) >= 11 is 1.19. The number of amides is 1. The van der Waals surface area contributed by atoms with Crippen LogP contribution in [0.4, 0.5) is 5.69 Å². The zero-order valence-corrected chi connectivity index (χ0v) is 11.5. The van der Waals surface area contributed by atoms with Crippen LogP contribution in [0.25, 0.3) is 4.96 Å². The Hall–Kier alpha value is -2.47. The van der Waals surface area contributed by atoms with E-state index in [2.05, 4.69) is 10.3 Å². The third-order valence-electron chi connectivity index (χ3n) is 2.75. The topological polar surface area (TPSA) is 63.5 Å². The predicted molar refractivity (Wildman–Crippen MR) is 78.5 cm³/mol. The van der Waals surface area contributed by atoms with Crippen molar-refractivity contribution < 1.29 is 4.79 Å². The summed E-state index contributed by atoms with van der Waals surface area (Å²) in [5.41, 5.74) is 1.18. The van der Waals surface area contributed by atoms with Gasteiger partial charge in [0.05, 0.1) is 0 Å². The molecule has 2 aromatic heterocycles. The molecule has 100 valence electrons. The van der Waals surface area contributed by atoms with Gasteiger partial charge < -0.3 is 5.32 Å². The molecule has 0 aliphatic carbocycles. The number of anilines is 1. The molecule has 1 amide bonds. The molecule has 3 rings (SSSR count). The number of aromatic nitrogens is 2. The molecule has 0 atom stereocenters. The van der Waals surface area contributed by atoms with Gasteiger partial charge >= 0.3 is 0 Å². The Morgan fingerprint density at radius 3 is 2.80 bits per heavy atom. The summed E-state index contributed by atoms with van der Waals surface area (Å²) in [6, 6.07) is 10.6. The van der Waals surface area contributed by atoms with Gasteiger partial charge in [-0.3, -0.25) is 14.0 Å². The van der Waals surface area contributed by atoms with E-state index in [1.807, 2.05) is 18.2 Å². The Morgan fingerprint density at radius 2 is 2.05 bits per heavy atom. The van der Waals surface area contributed by atoms with E-state index in [9.17, 15) is 9.59 Å². The zero-order chi connectivity index (χ0) is 14.1. The van der Waals surface area contributed by atoms with E-state index in [0.29, 0.717) is 21.2 Å². The Morgan fingerprint density at radius 1 is 1.30 bits per heavy atom. The summed E-state index contributed by atoms with van der Waals surface area (Å²) in [6.45, 7) is 1.75. The number of hydrogen-bond donors (Lipinski definition) is 1. The lowest BCUT2D eigenvalue weighted by atomic mass is 10.3. The molecule has 0 unspecified atom stereocenters. The number of rotatable bonds is 2. The lowest BCUT2D eigenvalue weighted by Gasteiger charge is -2.01. The van der Waals surface area contributed by atoms with Crippen LogP contribution in [0.2, 0.25) is 0 Å². The minimum Gasteiger partial charge on any atom is -0.321 e. The van der Waals surface area contributed by atoms with Gasteiger partial charge in [-0.05, 0) is 19.1 Å². The van der Waals surface area contributed by atoms with Crippen LogP contribution in [0, 0.1) is 6.92 Å². The third-order valence-corrected chi connectivity index (χ3v) is 3.73. The Kier molecular flexibility index (Phi) is 3.08. The number of nitrogens with one attached hydrogen (secondary N) is 1. The Labute approximate surface area is 118 Å². The van der Waals surface area contributed by atoms with Gasteiger partial charge in [0.25, 0.3) is 11.5 Å². The molecular formula is C14H11N3O2S. The average Bonchev–Trinajstić information content (AvgIpc) is 2.84. The second-order valence-electron chi connectivity index (χ2n) is 4.30. The van der Waals surface area contributed by atoms with Gasteiger partial charge in [-0.15, -0.1) is 0 Å². The monoisotopic (exact) mass is 285 g/mol. The van der Waals surface area contributed by atoms with Crippen LogP contribution in [0.15, 0.2) is 47.4 Å². The highest BCUT2D eigenvalue weighted by Gasteiger charge is 2.12. The molecule has 5 nitrogen and oxygen atoms in total. The van der Waals surface area contributed by atoms with E-state index in [1.165, 1.54) is 28.0 Å². The standard InChI is InChI=1S/C14H11N3O2S/c1-9-7-12(18)17-8-11(20-14(17)15-9)13(19)16-10-5-3-2-4-6-10/h2-8H,1H3,(H,16,19). The maximum absolute atomic E-state index is 12.1. The fraction of sp³-hybridized carbons (Fsp3) is 0.0714. The molecule has 1 N–H and O–H groups in total. The first-order valence-corrected chi connectivity index (χ1v) is 6.81. The highest BCUT2D eigenvalue weighted by molar-refractivity contribution is 7.18. The predicted octanol–water partition coefficient (Wildman–Crippen LogP) is 2.32. The Balaban J connectivity index is 1.96. The Bertz CT molecular complexity index is 836. The van der Waals surface area contributed by atoms with E-state index in [1.54, 1.807) is 19.1 Å². The van der Waals surface area contributed by atoms with E-state index >= 15 is 0 Å². The second-order valence-corrected chi connectivity index (χ2v) is 5.31. The summed E-state index contributed by atoms with van der Waals surface area (Å²) in [6.07, 6.45) is 1.52. The van der Waals surface area contributed by atoms with Gasteiger partial charge in [-0.25, -0.2) is 4.98 Å². The van der Waals surface area contributed by atoms with Crippen LogP contribution >= 0.6 is 11.3 Å². The van der Waals surface area contributed by atoms with Crippen LogP contribution in [-0.2, 0) is 0 Å². The first-order chi connectivity index (χ1) is 9.63. The molecule has 0 fully saturated rings. The molecule has 0 spiro atoms. The number of hydrogen-bond acceptors (Lipinski definition) is 4. The highest BCUT2D eigenvalue weighted by atomic mass is 32.1. The first-order valence-electron chi connectivity index (χ1n) is 6.00. The van der Waals surface area contributed by atoms with Crippen molar-refractivity contribution in [3.8, 4) is 0 Å². The number of carbonyl (C=O) groups excluding carboxylic acids is 1. The van der Waals surface area contributed by atoms with Crippen molar-refractivity contribution in [2.45, 2.75) is 6.92 Å². The van der Waals surface area contributed by atoms with E-state index in [0.717, 1.165) is 0 Å². The van der Waals surface area contributed by atoms with Crippen molar-refractivity contribution in [2.75, 3.05) is 5.32 Å². The molecule has 6 heteroatoms. The highest BCUT2D eigenvalue weighted by Crippen LogP contribution is 2.16. The van der Waals surface area contributed by atoms with Gasteiger partial charge in [0, 0.05) is 23.6 Å². The quantitative estimate of drug-likeness (QED) is 0.786. The molecule has 2 heterocycles. The van der Waals surface area contributed by atoms with Gasteiger partial charge in [0.1, 0.15) is 4.88 Å². The minimum absolute atomic E-state index is 0.178. The average molecular weight is 285 g/mol. The number of benzene rings is 1. The van der Waals surface area contributed by atoms with Crippen molar-refractivity contribution in [2.24, 2.45) is 0 Å². The molecule has 3 aromatic rings. The van der Waals surface area contributed by atoms with Crippen LogP contribution in [0.3, 0.4) is 0 Å². The van der Waals surface area contributed by atoms with Crippen molar-refractivity contribution in [3.05, 3.63) is 63.5 Å². The maximum atomic E-state index is 12.1. The molecule has 0 aliphatic rings. The van der Waals surface area contributed by atoms with Crippen molar-refractivity contribution >= 4 is 27.9 Å². The number of para-hydroxylation sites is 1. The molecule has 20 heavy (non-hydrogen) atoms. The zero-order valence-electron chi connectivity index (χ0n) is 10.7. The SMILES string of the molecule is Cc1cc(=O)n2cc(C(=O)Nc3ccccc3)sc2n1. The van der Waals surface area contributed by atoms with Crippen LogP contribution in [0.1, 0.15) is 15.4 Å². The summed E-state index contributed by atoms with van der Waals surface area (Å²) in [4.78, 5) is 29.1. The minimum atomic E-state index is -0.247. The largest absolute Gasteiger partial charge is 0.321 e. The fourth-order valence-electron chi connectivity index (χ4n) is 1.83. The molecule has 0 radical (unpaired) electrons. The van der Waals surface area contributed by atoms with Gasteiger partial charge in [-0.1, -0.05) is 29.5 Å². The smallest absolute Gasteiger partial charge is 0.267 e. The molecule has 0 bridgehead atoms. The summed E-state index contributed by atoms with van der Waals surface area (Å²) in [5.74, 6) is -0.247. The van der Waals surface area contributed by atoms with E-state index in [4.69, 9.17) is 0 Å². The summed E-state index contributed by atoms with van der Waals surface area (Å²) in [5, 5.41) is 2.78. The molecule has 1 aromatic carbocycles. The van der Waals surface area contributed by atoms with E-state index in [-0.39, 0.29) is 11.5 Å². The van der Waals surface area contributed by atoms with Gasteiger partial charge in [0.15, 0.2) is 4.96 Å². The lowest BCUT2D eigenvalue weighted by molar-refractivity contribution is 0.103. The summed E-state index contributed by atoms with van der Waals surface area (Å²) < 4.78 is 1.39. The number of thiazole rings is 1. The number of carbonyl (C=O) groups is 1. The third kappa shape index (κ3) is 2.33. The van der Waals surface area contributed by atoms with Crippen molar-refractivity contribution in [1.82, 2.24) is 9.38 Å². The normalized spacial score (nSPS) is 10.7. The second kappa shape index (κ2) is 4.90. The first kappa shape index (κ1) is 12.6. The number of nitrogens with zero attached hydrogens (tertiary/aromatic N) is 2. The molecule has 0 saturated carbocycles. The van der Waals surface area contributed by atoms with Crippen LogP contribution in [0.5, 0.6) is 0 Å². The maximum Gasteiger partial charge on any atom is 0.267 e. The van der Waals surface area contributed by atoms with Gasteiger partial charge in [-0.2, -0.15) is 0 Å². The van der Waals surface area contributed by atoms with E-state index < -0.39 is 0 Å². The molecule has 0 saturated heterocycles. The van der Waals surface area contributed by atoms with Crippen molar-refractivity contribution in [1.29, 1.82) is 0 Å². The number of aryl methyl sites for hydroxylation is 1.